The lowest BCUT2D eigenvalue weighted by Crippen LogP contribution is -2.31. The predicted molar refractivity (Wildman–Crippen MR) is 90.3 cm³/mol. The summed E-state index contributed by atoms with van der Waals surface area (Å²) >= 11 is 0. The number of carbonyl (C=O) groups is 2. The van der Waals surface area contributed by atoms with Crippen LogP contribution < -0.4 is 15.4 Å². The molecule has 0 saturated carbocycles. The number of aliphatic carboxylic acids is 1. The molecule has 0 bridgehead atoms. The zero-order valence-corrected chi connectivity index (χ0v) is 14.6. The molecule has 0 aromatic heterocycles. The maximum absolute atomic E-state index is 12.8. The molecule has 0 atom stereocenters. The fraction of sp³-hybridized carbons (Fsp3) is 0.467. The molecule has 9 nitrogen and oxygen atoms in total. The summed E-state index contributed by atoms with van der Waals surface area (Å²) in [5.74, 6) is -0.826. The topological polar surface area (TPSA) is 125 Å². The van der Waals surface area contributed by atoms with Gasteiger partial charge in [0.05, 0.1) is 13.5 Å². The molecule has 1 aliphatic heterocycles. The van der Waals surface area contributed by atoms with Gasteiger partial charge in [0.15, 0.2) is 0 Å². The normalized spacial score (nSPS) is 14.9. The number of rotatable bonds is 7. The Morgan fingerprint density at radius 3 is 2.56 bits per heavy atom. The number of amides is 2. The summed E-state index contributed by atoms with van der Waals surface area (Å²) in [6.45, 7) is 0.883. The van der Waals surface area contributed by atoms with Crippen LogP contribution in [0.4, 0.5) is 10.5 Å². The highest BCUT2D eigenvalue weighted by Crippen LogP contribution is 2.31. The summed E-state index contributed by atoms with van der Waals surface area (Å²) in [7, 11) is -2.33. The fourth-order valence-corrected chi connectivity index (χ4v) is 4.18. The van der Waals surface area contributed by atoms with E-state index < -0.39 is 22.0 Å². The van der Waals surface area contributed by atoms with E-state index in [2.05, 4.69) is 10.6 Å². The number of anilines is 1. The number of carbonyl (C=O) groups excluding carboxylic acids is 1. The average Bonchev–Trinajstić information content (AvgIpc) is 3.09. The molecule has 25 heavy (non-hydrogen) atoms. The van der Waals surface area contributed by atoms with Gasteiger partial charge in [-0.15, -0.1) is 0 Å². The molecule has 1 saturated heterocycles. The summed E-state index contributed by atoms with van der Waals surface area (Å²) in [6, 6.07) is 3.70. The highest BCUT2D eigenvalue weighted by Gasteiger charge is 2.30. The first-order valence-corrected chi connectivity index (χ1v) is 9.23. The molecule has 1 heterocycles. The van der Waals surface area contributed by atoms with E-state index >= 15 is 0 Å². The van der Waals surface area contributed by atoms with Crippen molar-refractivity contribution in [3.63, 3.8) is 0 Å². The molecule has 1 fully saturated rings. The van der Waals surface area contributed by atoms with Gasteiger partial charge in [-0.3, -0.25) is 4.79 Å². The molecule has 1 aromatic carbocycles. The molecule has 0 radical (unpaired) electrons. The number of ether oxygens (including phenoxy) is 1. The van der Waals surface area contributed by atoms with Crippen molar-refractivity contribution in [1.82, 2.24) is 9.62 Å². The van der Waals surface area contributed by atoms with E-state index in [0.717, 1.165) is 12.8 Å². The average molecular weight is 371 g/mol. The molecule has 2 rings (SSSR count). The lowest BCUT2D eigenvalue weighted by molar-refractivity contribution is -0.136. The van der Waals surface area contributed by atoms with Crippen molar-refractivity contribution in [2.24, 2.45) is 0 Å². The van der Waals surface area contributed by atoms with Crippen LogP contribution in [-0.2, 0) is 14.8 Å². The number of hydrogen-bond acceptors (Lipinski definition) is 5. The first-order chi connectivity index (χ1) is 11.8. The fourth-order valence-electron chi connectivity index (χ4n) is 2.48. The number of carboxylic acid groups (broad SMARTS) is 1. The third-order valence-corrected chi connectivity index (χ3v) is 5.65. The molecule has 0 aliphatic carbocycles. The lowest BCUT2D eigenvalue weighted by atomic mass is 10.3. The number of carboxylic acids is 1. The quantitative estimate of drug-likeness (QED) is 0.658. The van der Waals surface area contributed by atoms with Gasteiger partial charge in [-0.2, -0.15) is 4.31 Å². The second kappa shape index (κ2) is 8.17. The number of methoxy groups -OCH3 is 1. The number of hydrogen-bond donors (Lipinski definition) is 3. The van der Waals surface area contributed by atoms with E-state index in [-0.39, 0.29) is 29.3 Å². The number of sulfonamides is 1. The molecule has 1 aromatic rings. The lowest BCUT2D eigenvalue weighted by Gasteiger charge is -2.18. The molecule has 3 N–H and O–H groups in total. The third-order valence-electron chi connectivity index (χ3n) is 3.73. The second-order valence-corrected chi connectivity index (χ2v) is 7.41. The molecule has 10 heteroatoms. The van der Waals surface area contributed by atoms with E-state index in [4.69, 9.17) is 9.84 Å². The van der Waals surface area contributed by atoms with Crippen molar-refractivity contribution in [1.29, 1.82) is 0 Å². The van der Waals surface area contributed by atoms with Crippen molar-refractivity contribution in [3.05, 3.63) is 18.2 Å². The molecular formula is C15H21N3O6S. The van der Waals surface area contributed by atoms with E-state index in [1.54, 1.807) is 0 Å². The van der Waals surface area contributed by atoms with Crippen LogP contribution in [0.5, 0.6) is 5.75 Å². The maximum Gasteiger partial charge on any atom is 0.319 e. The minimum absolute atomic E-state index is 0.0137. The largest absolute Gasteiger partial charge is 0.495 e. The van der Waals surface area contributed by atoms with Gasteiger partial charge in [0.1, 0.15) is 10.6 Å². The highest BCUT2D eigenvalue weighted by atomic mass is 32.2. The van der Waals surface area contributed by atoms with Gasteiger partial charge in [0.2, 0.25) is 10.0 Å². The van der Waals surface area contributed by atoms with Gasteiger partial charge in [-0.25, -0.2) is 13.2 Å². The summed E-state index contributed by atoms with van der Waals surface area (Å²) in [4.78, 5) is 22.2. The van der Waals surface area contributed by atoms with Crippen molar-refractivity contribution in [3.8, 4) is 5.75 Å². The van der Waals surface area contributed by atoms with Crippen LogP contribution in [0.15, 0.2) is 23.1 Å². The van der Waals surface area contributed by atoms with Crippen molar-refractivity contribution in [2.75, 3.05) is 32.1 Å². The van der Waals surface area contributed by atoms with Crippen LogP contribution in [0.1, 0.15) is 19.3 Å². The Hall–Kier alpha value is -2.33. The summed E-state index contributed by atoms with van der Waals surface area (Å²) < 4.78 is 32.0. The molecule has 138 valence electrons. The minimum atomic E-state index is -3.71. The zero-order valence-electron chi connectivity index (χ0n) is 13.8. The number of urea groups is 1. The third kappa shape index (κ3) is 4.83. The van der Waals surface area contributed by atoms with Gasteiger partial charge in [-0.1, -0.05) is 0 Å². The summed E-state index contributed by atoms with van der Waals surface area (Å²) in [6.07, 6.45) is 1.42. The van der Waals surface area contributed by atoms with E-state index in [9.17, 15) is 18.0 Å². The smallest absolute Gasteiger partial charge is 0.319 e. The summed E-state index contributed by atoms with van der Waals surface area (Å²) in [5.41, 5.74) is 0.270. The summed E-state index contributed by atoms with van der Waals surface area (Å²) in [5, 5.41) is 13.4. The van der Waals surface area contributed by atoms with E-state index in [1.807, 2.05) is 0 Å². The number of benzene rings is 1. The highest BCUT2D eigenvalue weighted by molar-refractivity contribution is 7.89. The van der Waals surface area contributed by atoms with Crippen LogP contribution >= 0.6 is 0 Å². The standard InChI is InChI=1S/C15H21N3O6S/c1-24-12-5-4-11(17-15(21)16-7-6-14(19)20)10-13(12)25(22,23)18-8-2-3-9-18/h4-5,10H,2-3,6-9H2,1H3,(H,19,20)(H2,16,17,21). The van der Waals surface area contributed by atoms with Crippen LogP contribution in [0.2, 0.25) is 0 Å². The first-order valence-electron chi connectivity index (χ1n) is 7.79. The number of nitrogens with one attached hydrogen (secondary N) is 2. The van der Waals surface area contributed by atoms with E-state index in [1.165, 1.54) is 29.6 Å². The van der Waals surface area contributed by atoms with Gasteiger partial charge in [0, 0.05) is 25.3 Å². The van der Waals surface area contributed by atoms with E-state index in [0.29, 0.717) is 13.1 Å². The molecule has 0 unspecified atom stereocenters. The minimum Gasteiger partial charge on any atom is -0.495 e. The monoisotopic (exact) mass is 371 g/mol. The first kappa shape index (κ1) is 19.0. The van der Waals surface area contributed by atoms with Crippen LogP contribution in [0.3, 0.4) is 0 Å². The van der Waals surface area contributed by atoms with Gasteiger partial charge in [-0.05, 0) is 31.0 Å². The number of nitrogens with zero attached hydrogens (tertiary/aromatic N) is 1. The molecule has 0 spiro atoms. The Morgan fingerprint density at radius 2 is 1.96 bits per heavy atom. The Balaban J connectivity index is 2.16. The van der Waals surface area contributed by atoms with Crippen molar-refractivity contribution in [2.45, 2.75) is 24.2 Å². The van der Waals surface area contributed by atoms with Gasteiger partial charge < -0.3 is 20.5 Å². The van der Waals surface area contributed by atoms with Crippen LogP contribution in [0, 0.1) is 0 Å². The molecule has 1 aliphatic rings. The molecule has 2 amide bonds. The van der Waals surface area contributed by atoms with Gasteiger partial charge in [0.25, 0.3) is 0 Å². The van der Waals surface area contributed by atoms with Crippen LogP contribution in [0.25, 0.3) is 0 Å². The van der Waals surface area contributed by atoms with Crippen LogP contribution in [-0.4, -0.2) is 56.6 Å². The zero-order chi connectivity index (χ0) is 18.4. The van der Waals surface area contributed by atoms with Gasteiger partial charge >= 0.3 is 12.0 Å². The van der Waals surface area contributed by atoms with Crippen molar-refractivity contribution >= 4 is 27.7 Å². The second-order valence-electron chi connectivity index (χ2n) is 5.50. The Bertz CT molecular complexity index is 744. The Morgan fingerprint density at radius 1 is 1.28 bits per heavy atom. The predicted octanol–water partition coefficient (Wildman–Crippen LogP) is 1.08. The Kier molecular flexibility index (Phi) is 6.21. The SMILES string of the molecule is COc1ccc(NC(=O)NCCC(=O)O)cc1S(=O)(=O)N1CCCC1. The van der Waals surface area contributed by atoms with Crippen molar-refractivity contribution < 1.29 is 27.9 Å². The Labute approximate surface area is 146 Å². The molecular weight excluding hydrogens is 350 g/mol. The maximum atomic E-state index is 12.8.